The van der Waals surface area contributed by atoms with Gasteiger partial charge in [-0.3, -0.25) is 0 Å². The predicted molar refractivity (Wildman–Crippen MR) is 96.8 cm³/mol. The second-order valence-electron chi connectivity index (χ2n) is 6.34. The van der Waals surface area contributed by atoms with Crippen LogP contribution in [-0.4, -0.2) is 26.1 Å². The van der Waals surface area contributed by atoms with Gasteiger partial charge >= 0.3 is 6.36 Å². The minimum Gasteiger partial charge on any atom is -0.489 e. The average molecular weight is 424 g/mol. The van der Waals surface area contributed by atoms with Crippen molar-refractivity contribution in [3.63, 3.8) is 0 Å². The molecule has 0 amide bonds. The lowest BCUT2D eigenvalue weighted by molar-refractivity contribution is -0.275. The van der Waals surface area contributed by atoms with Gasteiger partial charge in [0.2, 0.25) is 0 Å². The predicted octanol–water partition coefficient (Wildman–Crippen LogP) is 5.33. The van der Waals surface area contributed by atoms with E-state index in [2.05, 4.69) is 10.1 Å². The SMILES string of the molecule is Cl.Fc1ccc(F)c(-c2ccc(OC(F)(F)F)c(OCC3CCNCC3)c2)c1. The highest BCUT2D eigenvalue weighted by atomic mass is 35.5. The first-order valence-corrected chi connectivity index (χ1v) is 8.50. The zero-order valence-corrected chi connectivity index (χ0v) is 15.5. The van der Waals surface area contributed by atoms with Crippen LogP contribution in [0, 0.1) is 17.6 Å². The van der Waals surface area contributed by atoms with Gasteiger partial charge < -0.3 is 14.8 Å². The number of piperidine rings is 1. The lowest BCUT2D eigenvalue weighted by atomic mass is 9.99. The molecule has 9 heteroatoms. The minimum atomic E-state index is -4.89. The van der Waals surface area contributed by atoms with Gasteiger partial charge in [-0.25, -0.2) is 8.78 Å². The number of rotatable bonds is 5. The third-order valence-electron chi connectivity index (χ3n) is 4.34. The minimum absolute atomic E-state index is 0. The van der Waals surface area contributed by atoms with E-state index in [0.29, 0.717) is 0 Å². The molecule has 1 heterocycles. The Morgan fingerprint density at radius 1 is 0.964 bits per heavy atom. The van der Waals surface area contributed by atoms with E-state index in [1.165, 1.54) is 12.1 Å². The van der Waals surface area contributed by atoms with E-state index < -0.39 is 23.7 Å². The summed E-state index contributed by atoms with van der Waals surface area (Å²) in [5.41, 5.74) is 0.127. The first-order chi connectivity index (χ1) is 12.8. The van der Waals surface area contributed by atoms with Crippen molar-refractivity contribution < 1.29 is 31.4 Å². The van der Waals surface area contributed by atoms with Crippen molar-refractivity contribution in [3.8, 4) is 22.6 Å². The van der Waals surface area contributed by atoms with Gasteiger partial charge in [0.1, 0.15) is 11.6 Å². The van der Waals surface area contributed by atoms with Crippen LogP contribution in [0.2, 0.25) is 0 Å². The lowest BCUT2D eigenvalue weighted by Crippen LogP contribution is -2.30. The summed E-state index contributed by atoms with van der Waals surface area (Å²) in [4.78, 5) is 0. The molecular formula is C19H19ClF5NO2. The molecule has 0 aliphatic carbocycles. The van der Waals surface area contributed by atoms with Crippen LogP contribution in [0.25, 0.3) is 11.1 Å². The Morgan fingerprint density at radius 2 is 1.68 bits per heavy atom. The molecule has 2 aromatic rings. The van der Waals surface area contributed by atoms with E-state index in [1.807, 2.05) is 0 Å². The molecule has 1 aliphatic rings. The Bertz CT molecular complexity index is 794. The summed E-state index contributed by atoms with van der Waals surface area (Å²) in [7, 11) is 0. The Hall–Kier alpha value is -2.06. The zero-order chi connectivity index (χ0) is 19.4. The van der Waals surface area contributed by atoms with E-state index >= 15 is 0 Å². The third kappa shape index (κ3) is 5.97. The van der Waals surface area contributed by atoms with Crippen LogP contribution in [0.4, 0.5) is 22.0 Å². The van der Waals surface area contributed by atoms with Crippen LogP contribution in [0.1, 0.15) is 12.8 Å². The normalized spacial score (nSPS) is 15.0. The lowest BCUT2D eigenvalue weighted by Gasteiger charge is -2.23. The molecule has 0 bridgehead atoms. The van der Waals surface area contributed by atoms with Crippen molar-refractivity contribution in [2.24, 2.45) is 5.92 Å². The summed E-state index contributed by atoms with van der Waals surface area (Å²) < 4.78 is 75.0. The van der Waals surface area contributed by atoms with Crippen LogP contribution < -0.4 is 14.8 Å². The molecule has 1 fully saturated rings. The smallest absolute Gasteiger partial charge is 0.489 e. The number of hydrogen-bond acceptors (Lipinski definition) is 3. The molecule has 3 nitrogen and oxygen atoms in total. The highest BCUT2D eigenvalue weighted by Crippen LogP contribution is 2.37. The van der Waals surface area contributed by atoms with Gasteiger partial charge in [-0.05, 0) is 67.7 Å². The van der Waals surface area contributed by atoms with Gasteiger partial charge in [-0.15, -0.1) is 25.6 Å². The molecule has 154 valence electrons. The van der Waals surface area contributed by atoms with E-state index in [1.54, 1.807) is 0 Å². The number of halogens is 6. The van der Waals surface area contributed by atoms with Gasteiger partial charge in [0.05, 0.1) is 6.61 Å². The van der Waals surface area contributed by atoms with Crippen molar-refractivity contribution in [2.75, 3.05) is 19.7 Å². The first kappa shape index (κ1) is 22.2. The maximum atomic E-state index is 14.0. The number of alkyl halides is 3. The quantitative estimate of drug-likeness (QED) is 0.659. The van der Waals surface area contributed by atoms with E-state index in [0.717, 1.165) is 50.2 Å². The van der Waals surface area contributed by atoms with E-state index in [9.17, 15) is 22.0 Å². The van der Waals surface area contributed by atoms with E-state index in [4.69, 9.17) is 4.74 Å². The van der Waals surface area contributed by atoms with Crippen LogP contribution in [0.3, 0.4) is 0 Å². The maximum absolute atomic E-state index is 14.0. The number of benzene rings is 2. The summed E-state index contributed by atoms with van der Waals surface area (Å²) >= 11 is 0. The summed E-state index contributed by atoms with van der Waals surface area (Å²) in [5, 5.41) is 3.19. The molecule has 1 aliphatic heterocycles. The Balaban J connectivity index is 0.00000280. The second kappa shape index (κ2) is 9.43. The monoisotopic (exact) mass is 423 g/mol. The molecule has 0 unspecified atom stereocenters. The number of nitrogens with one attached hydrogen (secondary N) is 1. The highest BCUT2D eigenvalue weighted by molar-refractivity contribution is 5.85. The molecule has 3 rings (SSSR count). The second-order valence-corrected chi connectivity index (χ2v) is 6.34. The van der Waals surface area contributed by atoms with Gasteiger partial charge in [-0.1, -0.05) is 6.07 Å². The van der Waals surface area contributed by atoms with Crippen molar-refractivity contribution in [1.82, 2.24) is 5.32 Å². The fourth-order valence-electron chi connectivity index (χ4n) is 2.97. The van der Waals surface area contributed by atoms with Crippen molar-refractivity contribution in [2.45, 2.75) is 19.2 Å². The molecule has 0 aromatic heterocycles. The van der Waals surface area contributed by atoms with Gasteiger partial charge in [-0.2, -0.15) is 0 Å². The van der Waals surface area contributed by atoms with Crippen molar-refractivity contribution in [1.29, 1.82) is 0 Å². The zero-order valence-electron chi connectivity index (χ0n) is 14.7. The summed E-state index contributed by atoms with van der Waals surface area (Å²) in [6, 6.07) is 6.42. The van der Waals surface area contributed by atoms with Crippen LogP contribution in [0.5, 0.6) is 11.5 Å². The van der Waals surface area contributed by atoms with Gasteiger partial charge in [0, 0.05) is 5.56 Å². The average Bonchev–Trinajstić information content (AvgIpc) is 2.62. The fourth-order valence-corrected chi connectivity index (χ4v) is 2.97. The van der Waals surface area contributed by atoms with E-state index in [-0.39, 0.29) is 41.8 Å². The van der Waals surface area contributed by atoms with Gasteiger partial charge in [0.15, 0.2) is 11.5 Å². The van der Waals surface area contributed by atoms with Crippen molar-refractivity contribution >= 4 is 12.4 Å². The number of ether oxygens (including phenoxy) is 2. The molecule has 2 aromatic carbocycles. The molecule has 0 radical (unpaired) electrons. The molecule has 1 saturated heterocycles. The third-order valence-corrected chi connectivity index (χ3v) is 4.34. The summed E-state index contributed by atoms with van der Waals surface area (Å²) in [6.45, 7) is 1.84. The Labute approximate surface area is 165 Å². The topological polar surface area (TPSA) is 30.5 Å². The molecule has 0 saturated carbocycles. The Kier molecular flexibility index (Phi) is 7.48. The van der Waals surface area contributed by atoms with Crippen LogP contribution in [-0.2, 0) is 0 Å². The molecular weight excluding hydrogens is 405 g/mol. The maximum Gasteiger partial charge on any atom is 0.573 e. The summed E-state index contributed by atoms with van der Waals surface area (Å²) in [5.74, 6) is -1.83. The molecule has 28 heavy (non-hydrogen) atoms. The first-order valence-electron chi connectivity index (χ1n) is 8.50. The molecule has 1 N–H and O–H groups in total. The summed E-state index contributed by atoms with van der Waals surface area (Å²) in [6.07, 6.45) is -3.21. The molecule has 0 spiro atoms. The largest absolute Gasteiger partial charge is 0.573 e. The van der Waals surface area contributed by atoms with Crippen LogP contribution >= 0.6 is 12.4 Å². The Morgan fingerprint density at radius 3 is 2.36 bits per heavy atom. The van der Waals surface area contributed by atoms with Crippen LogP contribution in [0.15, 0.2) is 36.4 Å². The van der Waals surface area contributed by atoms with Crippen molar-refractivity contribution in [3.05, 3.63) is 48.0 Å². The van der Waals surface area contributed by atoms with Gasteiger partial charge in [0.25, 0.3) is 0 Å². The molecule has 0 atom stereocenters. The number of hydrogen-bond donors (Lipinski definition) is 1. The standard InChI is InChI=1S/C19H18F5NO2.ClH/c20-14-2-3-16(21)15(10-14)13-1-4-17(27-19(22,23)24)18(9-13)26-11-12-5-7-25-8-6-12;/h1-4,9-10,12,25H,5-8,11H2;1H. The highest BCUT2D eigenvalue weighted by Gasteiger charge is 2.33. The fraction of sp³-hybridized carbons (Fsp3) is 0.368.